The average molecular weight is 244 g/mol. The number of carbonyl (C=O) groups is 1. The van der Waals surface area contributed by atoms with Gasteiger partial charge in [0.2, 0.25) is 10.0 Å². The normalized spacial score (nSPS) is 9.94. The van der Waals surface area contributed by atoms with Gasteiger partial charge in [-0.05, 0) is 25.1 Å². The first-order chi connectivity index (χ1) is 7.38. The molecule has 0 aromatic heterocycles. The Bertz CT molecular complexity index is 414. The fourth-order valence-electron chi connectivity index (χ4n) is 0.765. The Morgan fingerprint density at radius 2 is 1.94 bits per heavy atom. The molecule has 0 spiro atoms. The van der Waals surface area contributed by atoms with Crippen molar-refractivity contribution in [3.8, 4) is 0 Å². The average Bonchev–Trinajstić information content (AvgIpc) is 2.18. The number of sulfonamides is 1. The minimum absolute atomic E-state index is 0.117. The lowest BCUT2D eigenvalue weighted by Crippen LogP contribution is -2.11. The first kappa shape index (κ1) is 14.6. The molecular weight excluding hydrogens is 230 g/mol. The second kappa shape index (κ2) is 6.97. The summed E-state index contributed by atoms with van der Waals surface area (Å²) in [5.41, 5.74) is 0. The van der Waals surface area contributed by atoms with Crippen LogP contribution < -0.4 is 5.14 Å². The molecule has 0 fully saturated rings. The van der Waals surface area contributed by atoms with Crippen LogP contribution in [-0.2, 0) is 19.6 Å². The lowest BCUT2D eigenvalue weighted by Gasteiger charge is -1.93. The molecule has 0 aliphatic heterocycles. The van der Waals surface area contributed by atoms with E-state index in [9.17, 15) is 13.2 Å². The summed E-state index contributed by atoms with van der Waals surface area (Å²) in [7, 11) is -3.52. The predicted molar refractivity (Wildman–Crippen MR) is 59.0 cm³/mol. The van der Waals surface area contributed by atoms with Crippen molar-refractivity contribution in [2.24, 2.45) is 5.14 Å². The maximum absolute atomic E-state index is 10.6. The Labute approximate surface area is 95.3 Å². The molecular formula is C10H14NO4S. The Kier molecular flexibility index (Phi) is 6.36. The van der Waals surface area contributed by atoms with Crippen LogP contribution in [0.1, 0.15) is 13.8 Å². The summed E-state index contributed by atoms with van der Waals surface area (Å²) in [5, 5.41) is 4.82. The van der Waals surface area contributed by atoms with E-state index < -0.39 is 10.0 Å². The van der Waals surface area contributed by atoms with Crippen molar-refractivity contribution >= 4 is 16.0 Å². The molecule has 0 atom stereocenters. The van der Waals surface area contributed by atoms with E-state index in [-0.39, 0.29) is 10.9 Å². The molecule has 0 unspecified atom stereocenters. The molecule has 0 aliphatic carbocycles. The summed E-state index contributed by atoms with van der Waals surface area (Å²) < 4.78 is 25.6. The summed E-state index contributed by atoms with van der Waals surface area (Å²) in [6.07, 6.45) is 0. The first-order valence-electron chi connectivity index (χ1n) is 4.50. The van der Waals surface area contributed by atoms with Crippen molar-refractivity contribution in [3.63, 3.8) is 0 Å². The lowest BCUT2D eigenvalue weighted by molar-refractivity contribution is -0.140. The highest BCUT2D eigenvalue weighted by molar-refractivity contribution is 7.89. The number of nitrogens with two attached hydrogens (primary N) is 1. The fraction of sp³-hybridized carbons (Fsp3) is 0.300. The van der Waals surface area contributed by atoms with Crippen LogP contribution in [0.3, 0.4) is 0 Å². The molecule has 1 rings (SSSR count). The van der Waals surface area contributed by atoms with Crippen molar-refractivity contribution in [1.82, 2.24) is 0 Å². The van der Waals surface area contributed by atoms with Gasteiger partial charge >= 0.3 is 5.97 Å². The van der Waals surface area contributed by atoms with E-state index >= 15 is 0 Å². The number of primary sulfonamides is 1. The van der Waals surface area contributed by atoms with Gasteiger partial charge in [-0.3, -0.25) is 4.79 Å². The van der Waals surface area contributed by atoms with Gasteiger partial charge in [0.25, 0.3) is 0 Å². The van der Waals surface area contributed by atoms with Gasteiger partial charge in [0.15, 0.2) is 0 Å². The van der Waals surface area contributed by atoms with Gasteiger partial charge in [-0.25, -0.2) is 13.6 Å². The molecule has 0 bridgehead atoms. The zero-order chi connectivity index (χ0) is 12.6. The topological polar surface area (TPSA) is 86.5 Å². The molecule has 0 saturated carbocycles. The van der Waals surface area contributed by atoms with Crippen LogP contribution in [-0.4, -0.2) is 21.0 Å². The van der Waals surface area contributed by atoms with Gasteiger partial charge in [0, 0.05) is 6.92 Å². The molecule has 0 heterocycles. The van der Waals surface area contributed by atoms with Crippen molar-refractivity contribution < 1.29 is 17.9 Å². The lowest BCUT2D eigenvalue weighted by atomic mass is 10.4. The minimum atomic E-state index is -3.52. The molecule has 16 heavy (non-hydrogen) atoms. The monoisotopic (exact) mass is 244 g/mol. The van der Waals surface area contributed by atoms with E-state index in [2.05, 4.69) is 10.8 Å². The van der Waals surface area contributed by atoms with Gasteiger partial charge in [-0.1, -0.05) is 12.1 Å². The molecule has 89 valence electrons. The van der Waals surface area contributed by atoms with Crippen LogP contribution in [0.15, 0.2) is 29.2 Å². The molecule has 1 radical (unpaired) electrons. The van der Waals surface area contributed by atoms with Crippen LogP contribution in [0.2, 0.25) is 0 Å². The largest absolute Gasteiger partial charge is 0.466 e. The second-order valence-corrected chi connectivity index (χ2v) is 4.27. The Morgan fingerprint density at radius 1 is 1.44 bits per heavy atom. The standard InChI is InChI=1S/C6H6NO2S.C4H8O2/c7-10(8,9)6-4-2-1-3-5-6;1-3-6-4(2)5/h2-5H,(H2,7,8,9);3H2,1-2H3. The summed E-state index contributed by atoms with van der Waals surface area (Å²) >= 11 is 0. The minimum Gasteiger partial charge on any atom is -0.466 e. The molecule has 1 aromatic carbocycles. The fourth-order valence-corrected chi connectivity index (χ4v) is 1.28. The van der Waals surface area contributed by atoms with Gasteiger partial charge < -0.3 is 4.74 Å². The second-order valence-electron chi connectivity index (χ2n) is 2.71. The highest BCUT2D eigenvalue weighted by Crippen LogP contribution is 2.02. The Morgan fingerprint density at radius 3 is 2.12 bits per heavy atom. The third kappa shape index (κ3) is 6.97. The Hall–Kier alpha value is -1.40. The first-order valence-corrected chi connectivity index (χ1v) is 6.04. The SMILES string of the molecule is CCOC(C)=O.NS(=O)(=O)c1cc[c]cc1. The number of benzene rings is 1. The maximum atomic E-state index is 10.6. The number of esters is 1. The van der Waals surface area contributed by atoms with Gasteiger partial charge in [0.05, 0.1) is 11.5 Å². The number of ether oxygens (including phenoxy) is 1. The van der Waals surface area contributed by atoms with Crippen molar-refractivity contribution in [2.45, 2.75) is 18.7 Å². The van der Waals surface area contributed by atoms with Crippen molar-refractivity contribution in [2.75, 3.05) is 6.61 Å². The third-order valence-electron chi connectivity index (χ3n) is 1.36. The molecule has 0 aliphatic rings. The summed E-state index contributed by atoms with van der Waals surface area (Å²) in [6, 6.07) is 8.48. The van der Waals surface area contributed by atoms with E-state index in [1.807, 2.05) is 0 Å². The van der Waals surface area contributed by atoms with Crippen LogP contribution >= 0.6 is 0 Å². The van der Waals surface area contributed by atoms with E-state index in [1.54, 1.807) is 6.92 Å². The van der Waals surface area contributed by atoms with Gasteiger partial charge in [-0.15, -0.1) is 0 Å². The predicted octanol–water partition coefficient (Wildman–Crippen LogP) is 0.704. The highest BCUT2D eigenvalue weighted by atomic mass is 32.2. The number of rotatable bonds is 2. The molecule has 0 amide bonds. The number of carbonyl (C=O) groups excluding carboxylic acids is 1. The van der Waals surface area contributed by atoms with Crippen LogP contribution in [0, 0.1) is 6.07 Å². The van der Waals surface area contributed by atoms with Crippen molar-refractivity contribution in [1.29, 1.82) is 0 Å². The molecule has 5 nitrogen and oxygen atoms in total. The van der Waals surface area contributed by atoms with Gasteiger partial charge in [0.1, 0.15) is 0 Å². The number of hydrogen-bond acceptors (Lipinski definition) is 4. The number of hydrogen-bond donors (Lipinski definition) is 1. The van der Waals surface area contributed by atoms with E-state index in [4.69, 9.17) is 5.14 Å². The zero-order valence-corrected chi connectivity index (χ0v) is 9.95. The third-order valence-corrected chi connectivity index (χ3v) is 2.29. The molecule has 6 heteroatoms. The van der Waals surface area contributed by atoms with E-state index in [1.165, 1.54) is 31.2 Å². The van der Waals surface area contributed by atoms with Crippen LogP contribution in [0.25, 0.3) is 0 Å². The molecule has 1 aromatic rings. The molecule has 0 saturated heterocycles. The van der Waals surface area contributed by atoms with Crippen molar-refractivity contribution in [3.05, 3.63) is 30.3 Å². The van der Waals surface area contributed by atoms with Gasteiger partial charge in [-0.2, -0.15) is 0 Å². The summed E-state index contributed by atoms with van der Waals surface area (Å²) in [4.78, 5) is 9.94. The van der Waals surface area contributed by atoms with E-state index in [0.717, 1.165) is 0 Å². The summed E-state index contributed by atoms with van der Waals surface area (Å²) in [5.74, 6) is -0.211. The van der Waals surface area contributed by atoms with Crippen LogP contribution in [0.4, 0.5) is 0 Å². The zero-order valence-electron chi connectivity index (χ0n) is 9.14. The Balaban J connectivity index is 0.000000325. The molecule has 2 N–H and O–H groups in total. The quantitative estimate of drug-likeness (QED) is 0.776. The smallest absolute Gasteiger partial charge is 0.302 e. The summed E-state index contributed by atoms with van der Waals surface area (Å²) in [6.45, 7) is 3.65. The van der Waals surface area contributed by atoms with E-state index in [0.29, 0.717) is 6.61 Å². The maximum Gasteiger partial charge on any atom is 0.302 e. The highest BCUT2D eigenvalue weighted by Gasteiger charge is 2.03. The van der Waals surface area contributed by atoms with Crippen LogP contribution in [0.5, 0.6) is 0 Å².